The number of fused-ring (bicyclic) bond motifs is 1. The van der Waals surface area contributed by atoms with E-state index in [0.717, 1.165) is 0 Å². The Balaban J connectivity index is 1.68. The van der Waals surface area contributed by atoms with Gasteiger partial charge in [0, 0.05) is 31.7 Å². The largest absolute Gasteiger partial charge is 0.450 e. The molecule has 0 aliphatic carbocycles. The number of nitrogens with one attached hydrogen (secondary N) is 2. The first kappa shape index (κ1) is 15.1. The van der Waals surface area contributed by atoms with E-state index in [9.17, 15) is 14.4 Å². The van der Waals surface area contributed by atoms with Gasteiger partial charge in [0.25, 0.3) is 5.91 Å². The lowest BCUT2D eigenvalue weighted by Crippen LogP contribution is -2.50. The Morgan fingerprint density at radius 1 is 1.09 bits per heavy atom. The van der Waals surface area contributed by atoms with Crippen molar-refractivity contribution >= 4 is 23.0 Å². The summed E-state index contributed by atoms with van der Waals surface area (Å²) in [5, 5.41) is 0. The molecule has 1 saturated heterocycles. The quantitative estimate of drug-likeness (QED) is 0.854. The van der Waals surface area contributed by atoms with Crippen molar-refractivity contribution in [1.29, 1.82) is 0 Å². The van der Waals surface area contributed by atoms with Crippen molar-refractivity contribution in [2.75, 3.05) is 32.8 Å². The van der Waals surface area contributed by atoms with Gasteiger partial charge in [-0.25, -0.2) is 9.59 Å². The maximum absolute atomic E-state index is 12.5. The molecule has 2 amide bonds. The third-order valence-electron chi connectivity index (χ3n) is 3.86. The standard InChI is InChI=1S/C15H18N4O4/c1-2-23-15(22)19-7-5-18(6-8-19)13(20)10-3-4-11-12(9-10)17-14(21)16-11/h3-4,9H,2,5-8H2,1H3,(H2,16,17,21). The maximum atomic E-state index is 12.5. The van der Waals surface area contributed by atoms with Gasteiger partial charge in [-0.2, -0.15) is 0 Å². The summed E-state index contributed by atoms with van der Waals surface area (Å²) in [6.45, 7) is 3.92. The molecule has 0 spiro atoms. The summed E-state index contributed by atoms with van der Waals surface area (Å²) >= 11 is 0. The zero-order valence-corrected chi connectivity index (χ0v) is 12.8. The zero-order valence-electron chi connectivity index (χ0n) is 12.8. The van der Waals surface area contributed by atoms with Crippen molar-refractivity contribution in [3.63, 3.8) is 0 Å². The summed E-state index contributed by atoms with van der Waals surface area (Å²) in [4.78, 5) is 44.0. The normalized spacial score (nSPS) is 15.0. The van der Waals surface area contributed by atoms with Crippen LogP contribution in [0.3, 0.4) is 0 Å². The molecule has 0 saturated carbocycles. The number of hydrogen-bond donors (Lipinski definition) is 2. The third kappa shape index (κ3) is 3.05. The first-order valence-corrected chi connectivity index (χ1v) is 7.51. The van der Waals surface area contributed by atoms with E-state index in [1.165, 1.54) is 0 Å². The number of aromatic nitrogens is 2. The number of nitrogens with zero attached hydrogens (tertiary/aromatic N) is 2. The van der Waals surface area contributed by atoms with Gasteiger partial charge in [-0.05, 0) is 25.1 Å². The second-order valence-corrected chi connectivity index (χ2v) is 5.32. The summed E-state index contributed by atoms with van der Waals surface area (Å²) in [6.07, 6.45) is -0.342. The SMILES string of the molecule is CCOC(=O)N1CCN(C(=O)c2ccc3[nH]c(=O)[nH]c3c2)CC1. The summed E-state index contributed by atoms with van der Waals surface area (Å²) < 4.78 is 4.96. The lowest BCUT2D eigenvalue weighted by Gasteiger charge is -2.34. The molecule has 2 N–H and O–H groups in total. The smallest absolute Gasteiger partial charge is 0.409 e. The lowest BCUT2D eigenvalue weighted by molar-refractivity contribution is 0.0570. The average molecular weight is 318 g/mol. The number of H-pyrrole nitrogens is 2. The van der Waals surface area contributed by atoms with Crippen LogP contribution in [-0.4, -0.2) is 64.6 Å². The van der Waals surface area contributed by atoms with Crippen molar-refractivity contribution in [1.82, 2.24) is 19.8 Å². The molecule has 1 fully saturated rings. The minimum absolute atomic E-state index is 0.113. The van der Waals surface area contributed by atoms with E-state index in [1.54, 1.807) is 34.9 Å². The number of ether oxygens (including phenoxy) is 1. The Hall–Kier alpha value is -2.77. The fraction of sp³-hybridized carbons (Fsp3) is 0.400. The number of benzene rings is 1. The molecule has 3 rings (SSSR count). The van der Waals surface area contributed by atoms with E-state index in [1.807, 2.05) is 0 Å². The minimum atomic E-state index is -0.342. The van der Waals surface area contributed by atoms with Crippen LogP contribution in [0.2, 0.25) is 0 Å². The van der Waals surface area contributed by atoms with Crippen molar-refractivity contribution in [2.45, 2.75) is 6.92 Å². The fourth-order valence-electron chi connectivity index (χ4n) is 2.66. The van der Waals surface area contributed by atoms with E-state index < -0.39 is 0 Å². The molecule has 0 unspecified atom stereocenters. The number of carbonyl (C=O) groups is 2. The highest BCUT2D eigenvalue weighted by Gasteiger charge is 2.25. The molecule has 122 valence electrons. The number of amides is 2. The van der Waals surface area contributed by atoms with Crippen LogP contribution >= 0.6 is 0 Å². The Labute approximate surface area is 132 Å². The molecular formula is C15H18N4O4. The van der Waals surface area contributed by atoms with Gasteiger partial charge in [-0.3, -0.25) is 4.79 Å². The van der Waals surface area contributed by atoms with E-state index in [0.29, 0.717) is 49.4 Å². The van der Waals surface area contributed by atoms with Gasteiger partial charge in [0.2, 0.25) is 0 Å². The Morgan fingerprint density at radius 3 is 2.43 bits per heavy atom. The predicted molar refractivity (Wildman–Crippen MR) is 83.4 cm³/mol. The van der Waals surface area contributed by atoms with Gasteiger partial charge >= 0.3 is 11.8 Å². The Morgan fingerprint density at radius 2 is 1.74 bits per heavy atom. The molecule has 0 bridgehead atoms. The van der Waals surface area contributed by atoms with Crippen LogP contribution < -0.4 is 5.69 Å². The molecule has 1 aliphatic heterocycles. The molecule has 23 heavy (non-hydrogen) atoms. The highest BCUT2D eigenvalue weighted by atomic mass is 16.6. The van der Waals surface area contributed by atoms with Gasteiger partial charge in [0.15, 0.2) is 0 Å². The van der Waals surface area contributed by atoms with Gasteiger partial charge in [0.1, 0.15) is 0 Å². The fourth-order valence-corrected chi connectivity index (χ4v) is 2.66. The summed E-state index contributed by atoms with van der Waals surface area (Å²) in [5.41, 5.74) is 1.48. The second-order valence-electron chi connectivity index (χ2n) is 5.32. The summed E-state index contributed by atoms with van der Waals surface area (Å²) in [6, 6.07) is 5.05. The molecule has 0 atom stereocenters. The zero-order chi connectivity index (χ0) is 16.4. The highest BCUT2D eigenvalue weighted by Crippen LogP contribution is 2.14. The Bertz CT molecular complexity index is 786. The lowest BCUT2D eigenvalue weighted by atomic mass is 10.1. The monoisotopic (exact) mass is 318 g/mol. The molecule has 1 aromatic carbocycles. The first-order chi connectivity index (χ1) is 11.1. The van der Waals surface area contributed by atoms with Gasteiger partial charge in [0.05, 0.1) is 17.6 Å². The molecule has 1 aliphatic rings. The van der Waals surface area contributed by atoms with Crippen LogP contribution in [0, 0.1) is 0 Å². The molecule has 8 heteroatoms. The number of aromatic amines is 2. The summed E-state index contributed by atoms with van der Waals surface area (Å²) in [5.74, 6) is -0.113. The average Bonchev–Trinajstić information content (AvgIpc) is 2.93. The van der Waals surface area contributed by atoms with Crippen molar-refractivity contribution in [3.8, 4) is 0 Å². The molecular weight excluding hydrogens is 300 g/mol. The van der Waals surface area contributed by atoms with Crippen molar-refractivity contribution < 1.29 is 14.3 Å². The van der Waals surface area contributed by atoms with Crippen LogP contribution in [0.25, 0.3) is 11.0 Å². The number of rotatable bonds is 2. The Kier molecular flexibility index (Phi) is 4.05. The number of carbonyl (C=O) groups excluding carboxylic acids is 2. The first-order valence-electron chi connectivity index (χ1n) is 7.51. The van der Waals surface area contributed by atoms with Gasteiger partial charge in [-0.1, -0.05) is 0 Å². The van der Waals surface area contributed by atoms with Gasteiger partial charge in [-0.15, -0.1) is 0 Å². The molecule has 2 heterocycles. The number of imidazole rings is 1. The second kappa shape index (κ2) is 6.15. The molecule has 2 aromatic rings. The highest BCUT2D eigenvalue weighted by molar-refractivity contribution is 5.97. The number of piperazine rings is 1. The van der Waals surface area contributed by atoms with Crippen LogP contribution in [0.1, 0.15) is 17.3 Å². The maximum Gasteiger partial charge on any atom is 0.409 e. The minimum Gasteiger partial charge on any atom is -0.450 e. The predicted octanol–water partition coefficient (Wildman–Crippen LogP) is 0.771. The van der Waals surface area contributed by atoms with Crippen molar-refractivity contribution in [3.05, 3.63) is 34.2 Å². The van der Waals surface area contributed by atoms with Crippen LogP contribution in [0.4, 0.5) is 4.79 Å². The van der Waals surface area contributed by atoms with Crippen LogP contribution in [0.5, 0.6) is 0 Å². The van der Waals surface area contributed by atoms with E-state index >= 15 is 0 Å². The molecule has 1 aromatic heterocycles. The summed E-state index contributed by atoms with van der Waals surface area (Å²) in [7, 11) is 0. The number of hydrogen-bond acceptors (Lipinski definition) is 4. The topological polar surface area (TPSA) is 98.5 Å². The third-order valence-corrected chi connectivity index (χ3v) is 3.86. The van der Waals surface area contributed by atoms with Gasteiger partial charge < -0.3 is 24.5 Å². The van der Waals surface area contributed by atoms with Crippen LogP contribution in [0.15, 0.2) is 23.0 Å². The van der Waals surface area contributed by atoms with E-state index in [-0.39, 0.29) is 17.7 Å². The molecule has 8 nitrogen and oxygen atoms in total. The van der Waals surface area contributed by atoms with Crippen molar-refractivity contribution in [2.24, 2.45) is 0 Å². The van der Waals surface area contributed by atoms with E-state index in [4.69, 9.17) is 4.74 Å². The van der Waals surface area contributed by atoms with Crippen LogP contribution in [-0.2, 0) is 4.74 Å². The van der Waals surface area contributed by atoms with E-state index in [2.05, 4.69) is 9.97 Å². The molecule has 0 radical (unpaired) electrons.